The summed E-state index contributed by atoms with van der Waals surface area (Å²) in [6.45, 7) is 4.02. The van der Waals surface area contributed by atoms with Crippen LogP contribution in [0.15, 0.2) is 40.7 Å². The molecule has 0 unspecified atom stereocenters. The molecule has 29 heavy (non-hydrogen) atoms. The summed E-state index contributed by atoms with van der Waals surface area (Å²) >= 11 is 0. The third-order valence-electron chi connectivity index (χ3n) is 4.65. The SMILES string of the molecule is Cc1noc(C)c1CN/C=C(\C=N)N1C(=O)CN(Cc2ccccc2C#N)C1=O. The van der Waals surface area contributed by atoms with Gasteiger partial charge < -0.3 is 20.1 Å². The number of benzene rings is 1. The van der Waals surface area contributed by atoms with Crippen molar-refractivity contribution in [1.29, 1.82) is 10.7 Å². The van der Waals surface area contributed by atoms with Crippen molar-refractivity contribution in [2.75, 3.05) is 6.54 Å². The van der Waals surface area contributed by atoms with E-state index in [1.54, 1.807) is 31.2 Å². The Morgan fingerprint density at radius 2 is 2.14 bits per heavy atom. The maximum Gasteiger partial charge on any atom is 0.332 e. The summed E-state index contributed by atoms with van der Waals surface area (Å²) in [6.07, 6.45) is 2.39. The number of urea groups is 1. The van der Waals surface area contributed by atoms with Gasteiger partial charge in [-0.15, -0.1) is 0 Å². The largest absolute Gasteiger partial charge is 0.385 e. The molecule has 0 aliphatic carbocycles. The highest BCUT2D eigenvalue weighted by atomic mass is 16.5. The maximum absolute atomic E-state index is 12.8. The minimum Gasteiger partial charge on any atom is -0.385 e. The van der Waals surface area contributed by atoms with Crippen molar-refractivity contribution in [3.05, 3.63) is 64.3 Å². The smallest absolute Gasteiger partial charge is 0.332 e. The number of allylic oxidation sites excluding steroid dienone is 1. The quantitative estimate of drug-likeness (QED) is 0.549. The number of nitriles is 1. The van der Waals surface area contributed by atoms with E-state index < -0.39 is 11.9 Å². The molecule has 1 aliphatic heterocycles. The lowest BCUT2D eigenvalue weighted by molar-refractivity contribution is -0.123. The lowest BCUT2D eigenvalue weighted by Gasteiger charge is -2.18. The van der Waals surface area contributed by atoms with Crippen molar-refractivity contribution in [3.63, 3.8) is 0 Å². The zero-order chi connectivity index (χ0) is 21.0. The third-order valence-corrected chi connectivity index (χ3v) is 4.65. The van der Waals surface area contributed by atoms with Crippen LogP contribution >= 0.6 is 0 Å². The highest BCUT2D eigenvalue weighted by Crippen LogP contribution is 2.20. The molecular weight excluding hydrogens is 372 g/mol. The Labute approximate surface area is 167 Å². The molecule has 1 aromatic carbocycles. The molecule has 0 spiro atoms. The summed E-state index contributed by atoms with van der Waals surface area (Å²) < 4.78 is 5.10. The summed E-state index contributed by atoms with van der Waals surface area (Å²) in [6, 6.07) is 8.48. The monoisotopic (exact) mass is 392 g/mol. The van der Waals surface area contributed by atoms with Gasteiger partial charge in [0.05, 0.1) is 23.0 Å². The number of carbonyl (C=O) groups excluding carboxylic acids is 2. The summed E-state index contributed by atoms with van der Waals surface area (Å²) in [5.74, 6) is 0.244. The molecule has 0 bridgehead atoms. The topological polar surface area (TPSA) is 126 Å². The fourth-order valence-electron chi connectivity index (χ4n) is 3.08. The van der Waals surface area contributed by atoms with Crippen LogP contribution in [0.1, 0.15) is 28.1 Å². The molecular formula is C20H20N6O3. The van der Waals surface area contributed by atoms with E-state index in [4.69, 9.17) is 9.93 Å². The number of nitrogens with one attached hydrogen (secondary N) is 2. The minimum absolute atomic E-state index is 0.117. The van der Waals surface area contributed by atoms with Crippen LogP contribution in [0.5, 0.6) is 0 Å². The van der Waals surface area contributed by atoms with Crippen molar-refractivity contribution < 1.29 is 14.1 Å². The van der Waals surface area contributed by atoms with Crippen molar-refractivity contribution >= 4 is 18.2 Å². The second-order valence-corrected chi connectivity index (χ2v) is 6.53. The first kappa shape index (κ1) is 19.8. The van der Waals surface area contributed by atoms with Gasteiger partial charge in [-0.1, -0.05) is 23.4 Å². The first-order chi connectivity index (χ1) is 14.0. The number of imide groups is 1. The highest BCUT2D eigenvalue weighted by molar-refractivity contribution is 6.07. The zero-order valence-corrected chi connectivity index (χ0v) is 16.1. The van der Waals surface area contributed by atoms with Crippen LogP contribution in [-0.2, 0) is 17.9 Å². The van der Waals surface area contributed by atoms with Crippen molar-refractivity contribution in [2.24, 2.45) is 0 Å². The molecule has 9 heteroatoms. The Kier molecular flexibility index (Phi) is 5.74. The lowest BCUT2D eigenvalue weighted by atomic mass is 10.1. The summed E-state index contributed by atoms with van der Waals surface area (Å²) in [4.78, 5) is 27.5. The van der Waals surface area contributed by atoms with E-state index in [-0.39, 0.29) is 18.8 Å². The van der Waals surface area contributed by atoms with Crippen LogP contribution in [0.2, 0.25) is 0 Å². The number of carbonyl (C=O) groups is 2. The molecule has 0 radical (unpaired) electrons. The van der Waals surface area contributed by atoms with Gasteiger partial charge in [-0.2, -0.15) is 5.26 Å². The summed E-state index contributed by atoms with van der Waals surface area (Å²) in [5.41, 5.74) is 2.86. The van der Waals surface area contributed by atoms with Gasteiger partial charge in [-0.3, -0.25) is 4.79 Å². The number of hydrogen-bond donors (Lipinski definition) is 2. The molecule has 2 heterocycles. The Morgan fingerprint density at radius 1 is 1.38 bits per heavy atom. The standard InChI is InChI=1S/C20H20N6O3/c1-13-18(14(2)29-24-13)10-23-9-17(8-22)26-19(27)12-25(20(26)28)11-16-6-4-3-5-15(16)7-21/h3-6,8-9,22-23H,10-12H2,1-2H3/b17-9+,22-8?. The summed E-state index contributed by atoms with van der Waals surface area (Å²) in [7, 11) is 0. The fourth-order valence-corrected chi connectivity index (χ4v) is 3.08. The van der Waals surface area contributed by atoms with Crippen LogP contribution in [0, 0.1) is 30.6 Å². The van der Waals surface area contributed by atoms with Crippen LogP contribution in [-0.4, -0.2) is 39.7 Å². The second kappa shape index (κ2) is 8.39. The first-order valence-electron chi connectivity index (χ1n) is 8.92. The van der Waals surface area contributed by atoms with E-state index in [1.807, 2.05) is 6.92 Å². The lowest BCUT2D eigenvalue weighted by Crippen LogP contribution is -2.33. The normalized spacial score (nSPS) is 14.3. The van der Waals surface area contributed by atoms with Gasteiger partial charge in [0, 0.05) is 31.1 Å². The fraction of sp³-hybridized carbons (Fsp3) is 0.250. The molecule has 2 aromatic rings. The van der Waals surface area contributed by atoms with E-state index in [0.29, 0.717) is 23.4 Å². The van der Waals surface area contributed by atoms with Gasteiger partial charge >= 0.3 is 6.03 Å². The average molecular weight is 392 g/mol. The molecule has 3 rings (SSSR count). The molecule has 9 nitrogen and oxygen atoms in total. The first-order valence-corrected chi connectivity index (χ1v) is 8.92. The van der Waals surface area contributed by atoms with Crippen molar-refractivity contribution in [1.82, 2.24) is 20.3 Å². The van der Waals surface area contributed by atoms with E-state index >= 15 is 0 Å². The molecule has 1 aliphatic rings. The van der Waals surface area contributed by atoms with E-state index in [2.05, 4.69) is 16.5 Å². The maximum atomic E-state index is 12.8. The van der Waals surface area contributed by atoms with Gasteiger partial charge in [0.1, 0.15) is 12.3 Å². The number of hydrogen-bond acceptors (Lipinski definition) is 7. The molecule has 0 saturated carbocycles. The Bertz CT molecular complexity index is 1010. The number of aryl methyl sites for hydroxylation is 2. The van der Waals surface area contributed by atoms with Crippen LogP contribution in [0.3, 0.4) is 0 Å². The van der Waals surface area contributed by atoms with Gasteiger partial charge in [0.15, 0.2) is 0 Å². The third kappa shape index (κ3) is 4.01. The molecule has 148 valence electrons. The Hall–Kier alpha value is -3.93. The molecule has 3 amide bonds. The molecule has 1 saturated heterocycles. The minimum atomic E-state index is -0.531. The van der Waals surface area contributed by atoms with Crippen LogP contribution < -0.4 is 5.32 Å². The zero-order valence-electron chi connectivity index (χ0n) is 16.1. The number of aromatic nitrogens is 1. The second-order valence-electron chi connectivity index (χ2n) is 6.53. The molecule has 0 atom stereocenters. The summed E-state index contributed by atoms with van der Waals surface area (Å²) in [5, 5.41) is 23.7. The van der Waals surface area contributed by atoms with Gasteiger partial charge in [0.2, 0.25) is 0 Å². The van der Waals surface area contributed by atoms with Gasteiger partial charge in [-0.25, -0.2) is 9.69 Å². The average Bonchev–Trinajstić information content (AvgIpc) is 3.18. The number of rotatable bonds is 7. The van der Waals surface area contributed by atoms with Crippen molar-refractivity contribution in [3.8, 4) is 6.07 Å². The Balaban J connectivity index is 1.73. The van der Waals surface area contributed by atoms with Crippen molar-refractivity contribution in [2.45, 2.75) is 26.9 Å². The van der Waals surface area contributed by atoms with E-state index in [9.17, 15) is 14.9 Å². The Morgan fingerprint density at radius 3 is 2.79 bits per heavy atom. The van der Waals surface area contributed by atoms with Gasteiger partial charge in [0.25, 0.3) is 5.91 Å². The van der Waals surface area contributed by atoms with E-state index in [0.717, 1.165) is 22.4 Å². The predicted molar refractivity (Wildman–Crippen MR) is 103 cm³/mol. The van der Waals surface area contributed by atoms with Crippen LogP contribution in [0.4, 0.5) is 4.79 Å². The number of nitrogens with zero attached hydrogens (tertiary/aromatic N) is 4. The van der Waals surface area contributed by atoms with Gasteiger partial charge in [-0.05, 0) is 25.5 Å². The van der Waals surface area contributed by atoms with Crippen LogP contribution in [0.25, 0.3) is 0 Å². The predicted octanol–water partition coefficient (Wildman–Crippen LogP) is 2.21. The highest BCUT2D eigenvalue weighted by Gasteiger charge is 2.38. The molecule has 1 fully saturated rings. The molecule has 1 aromatic heterocycles. The van der Waals surface area contributed by atoms with E-state index in [1.165, 1.54) is 11.1 Å². The molecule has 2 N–H and O–H groups in total. The number of amides is 3.